The van der Waals surface area contributed by atoms with Gasteiger partial charge in [0.1, 0.15) is 0 Å². The average molecular weight is 470 g/mol. The predicted octanol–water partition coefficient (Wildman–Crippen LogP) is 5.49. The first-order valence-corrected chi connectivity index (χ1v) is 11.6. The highest BCUT2D eigenvalue weighted by molar-refractivity contribution is 7.12. The summed E-state index contributed by atoms with van der Waals surface area (Å²) in [6, 6.07) is 25.0. The number of hydrogen-bond donors (Lipinski definition) is 3. The first-order valence-electron chi connectivity index (χ1n) is 10.7. The number of benzene rings is 3. The minimum absolute atomic E-state index is 0.198. The van der Waals surface area contributed by atoms with Gasteiger partial charge in [-0.05, 0) is 60.3 Å². The number of amides is 3. The fraction of sp³-hybridized carbons (Fsp3) is 0.0741. The van der Waals surface area contributed by atoms with Gasteiger partial charge in [0.25, 0.3) is 17.7 Å². The second kappa shape index (κ2) is 10.6. The predicted molar refractivity (Wildman–Crippen MR) is 135 cm³/mol. The number of hydrogen-bond acceptors (Lipinski definition) is 4. The van der Waals surface area contributed by atoms with Gasteiger partial charge >= 0.3 is 0 Å². The molecule has 0 atom stereocenters. The molecule has 34 heavy (non-hydrogen) atoms. The average Bonchev–Trinajstić information content (AvgIpc) is 3.39. The number of thiophene rings is 1. The Morgan fingerprint density at radius 1 is 0.765 bits per heavy atom. The Balaban J connectivity index is 1.39. The number of anilines is 2. The van der Waals surface area contributed by atoms with Crippen molar-refractivity contribution in [2.45, 2.75) is 13.5 Å². The molecule has 0 aliphatic heterocycles. The molecule has 4 rings (SSSR count). The molecule has 0 aliphatic rings. The molecule has 3 N–H and O–H groups in total. The van der Waals surface area contributed by atoms with Gasteiger partial charge in [-0.25, -0.2) is 0 Å². The fourth-order valence-electron chi connectivity index (χ4n) is 3.33. The Hall–Kier alpha value is -4.23. The monoisotopic (exact) mass is 469 g/mol. The molecular weight excluding hydrogens is 446 g/mol. The first kappa shape index (κ1) is 22.9. The molecule has 7 heteroatoms. The van der Waals surface area contributed by atoms with Crippen molar-refractivity contribution in [2.75, 3.05) is 10.6 Å². The molecule has 6 nitrogen and oxygen atoms in total. The van der Waals surface area contributed by atoms with E-state index in [1.54, 1.807) is 54.6 Å². The number of rotatable bonds is 7. The molecule has 1 heterocycles. The summed E-state index contributed by atoms with van der Waals surface area (Å²) in [6.45, 7) is 2.23. The lowest BCUT2D eigenvalue weighted by Crippen LogP contribution is -2.24. The molecule has 4 aromatic rings. The third kappa shape index (κ3) is 5.76. The van der Waals surface area contributed by atoms with Crippen LogP contribution in [0, 0.1) is 6.92 Å². The summed E-state index contributed by atoms with van der Waals surface area (Å²) in [5.74, 6) is -0.764. The summed E-state index contributed by atoms with van der Waals surface area (Å²) in [5.41, 5.74) is 3.94. The summed E-state index contributed by atoms with van der Waals surface area (Å²) in [5, 5.41) is 10.4. The number of carbonyl (C=O) groups excluding carboxylic acids is 3. The van der Waals surface area contributed by atoms with Crippen molar-refractivity contribution in [2.24, 2.45) is 0 Å². The zero-order chi connectivity index (χ0) is 23.9. The van der Waals surface area contributed by atoms with Crippen molar-refractivity contribution in [1.29, 1.82) is 0 Å². The molecule has 0 fully saturated rings. The van der Waals surface area contributed by atoms with Crippen LogP contribution in [0.25, 0.3) is 0 Å². The van der Waals surface area contributed by atoms with Crippen LogP contribution in [0.3, 0.4) is 0 Å². The lowest BCUT2D eigenvalue weighted by Gasteiger charge is -2.12. The summed E-state index contributed by atoms with van der Waals surface area (Å²) in [7, 11) is 0. The van der Waals surface area contributed by atoms with Gasteiger partial charge in [-0.1, -0.05) is 48.0 Å². The normalized spacial score (nSPS) is 10.4. The molecule has 0 bridgehead atoms. The minimum atomic E-state index is -0.309. The van der Waals surface area contributed by atoms with Crippen LogP contribution in [0.5, 0.6) is 0 Å². The molecule has 3 aromatic carbocycles. The zero-order valence-corrected chi connectivity index (χ0v) is 19.3. The van der Waals surface area contributed by atoms with E-state index in [0.717, 1.165) is 11.1 Å². The highest BCUT2D eigenvalue weighted by Crippen LogP contribution is 2.19. The number of nitrogens with one attached hydrogen (secondary N) is 3. The maximum Gasteiger partial charge on any atom is 0.265 e. The van der Waals surface area contributed by atoms with E-state index < -0.39 is 0 Å². The van der Waals surface area contributed by atoms with E-state index >= 15 is 0 Å². The second-order valence-electron chi connectivity index (χ2n) is 7.68. The summed E-state index contributed by atoms with van der Waals surface area (Å²) < 4.78 is 0. The van der Waals surface area contributed by atoms with E-state index in [1.807, 2.05) is 42.6 Å². The number of carbonyl (C=O) groups is 3. The summed E-state index contributed by atoms with van der Waals surface area (Å²) >= 11 is 1.33. The topological polar surface area (TPSA) is 87.3 Å². The Bertz CT molecular complexity index is 1320. The molecule has 3 amide bonds. The Labute approximate surface area is 201 Å². The molecule has 0 radical (unpaired) electrons. The zero-order valence-electron chi connectivity index (χ0n) is 18.5. The summed E-state index contributed by atoms with van der Waals surface area (Å²) in [4.78, 5) is 38.3. The minimum Gasteiger partial charge on any atom is -0.348 e. The van der Waals surface area contributed by atoms with E-state index in [9.17, 15) is 14.4 Å². The van der Waals surface area contributed by atoms with Crippen molar-refractivity contribution in [3.63, 3.8) is 0 Å². The highest BCUT2D eigenvalue weighted by atomic mass is 32.1. The second-order valence-corrected chi connectivity index (χ2v) is 8.63. The van der Waals surface area contributed by atoms with Crippen molar-refractivity contribution in [3.8, 4) is 0 Å². The van der Waals surface area contributed by atoms with Crippen molar-refractivity contribution in [3.05, 3.63) is 117 Å². The van der Waals surface area contributed by atoms with Gasteiger partial charge < -0.3 is 16.0 Å². The van der Waals surface area contributed by atoms with Gasteiger partial charge in [0.15, 0.2) is 0 Å². The SMILES string of the molecule is Cc1ccc(C(=O)Nc2cccc(CNC(=O)c3ccccc3NC(=O)c3cccs3)c2)cc1. The van der Waals surface area contributed by atoms with Crippen LogP contribution in [-0.4, -0.2) is 17.7 Å². The number of aryl methyl sites for hydroxylation is 1. The standard InChI is InChI=1S/C27H23N3O3S/c1-18-11-13-20(14-12-18)25(31)29-21-7-4-6-19(16-21)17-28-26(32)22-8-2-3-9-23(22)30-27(33)24-10-5-15-34-24/h2-16H,17H2,1H3,(H,28,32)(H,29,31)(H,30,33). The first-order chi connectivity index (χ1) is 16.5. The Morgan fingerprint density at radius 3 is 2.32 bits per heavy atom. The Morgan fingerprint density at radius 2 is 1.56 bits per heavy atom. The lowest BCUT2D eigenvalue weighted by atomic mass is 10.1. The van der Waals surface area contributed by atoms with Crippen LogP contribution >= 0.6 is 11.3 Å². The molecule has 0 unspecified atom stereocenters. The van der Waals surface area contributed by atoms with E-state index in [-0.39, 0.29) is 24.3 Å². The molecule has 170 valence electrons. The van der Waals surface area contributed by atoms with Gasteiger partial charge in [0.2, 0.25) is 0 Å². The van der Waals surface area contributed by atoms with E-state index in [1.165, 1.54) is 11.3 Å². The van der Waals surface area contributed by atoms with Gasteiger partial charge in [-0.2, -0.15) is 0 Å². The van der Waals surface area contributed by atoms with Crippen LogP contribution < -0.4 is 16.0 Å². The van der Waals surface area contributed by atoms with Crippen molar-refractivity contribution >= 4 is 40.4 Å². The maximum atomic E-state index is 12.9. The van der Waals surface area contributed by atoms with Gasteiger partial charge in [0.05, 0.1) is 16.1 Å². The Kier molecular flexibility index (Phi) is 7.15. The van der Waals surface area contributed by atoms with Crippen molar-refractivity contribution in [1.82, 2.24) is 5.32 Å². The molecule has 0 spiro atoms. The van der Waals surface area contributed by atoms with Crippen LogP contribution in [0.1, 0.15) is 41.5 Å². The van der Waals surface area contributed by atoms with Crippen LogP contribution in [0.4, 0.5) is 11.4 Å². The molecule has 0 aliphatic carbocycles. The third-order valence-electron chi connectivity index (χ3n) is 5.12. The molecule has 1 aromatic heterocycles. The van der Waals surface area contributed by atoms with E-state index in [0.29, 0.717) is 27.4 Å². The van der Waals surface area contributed by atoms with Crippen molar-refractivity contribution < 1.29 is 14.4 Å². The van der Waals surface area contributed by atoms with Crippen LogP contribution in [-0.2, 0) is 6.54 Å². The quantitative estimate of drug-likeness (QED) is 0.334. The fourth-order valence-corrected chi connectivity index (χ4v) is 3.95. The van der Waals surface area contributed by atoms with Gasteiger partial charge in [-0.3, -0.25) is 14.4 Å². The molecule has 0 saturated carbocycles. The summed E-state index contributed by atoms with van der Waals surface area (Å²) in [6.07, 6.45) is 0. The smallest absolute Gasteiger partial charge is 0.265 e. The largest absolute Gasteiger partial charge is 0.348 e. The highest BCUT2D eigenvalue weighted by Gasteiger charge is 2.14. The third-order valence-corrected chi connectivity index (χ3v) is 5.99. The maximum absolute atomic E-state index is 12.9. The molecule has 0 saturated heterocycles. The lowest BCUT2D eigenvalue weighted by molar-refractivity contribution is 0.0950. The van der Waals surface area contributed by atoms with E-state index in [2.05, 4.69) is 16.0 Å². The molecular formula is C27H23N3O3S. The van der Waals surface area contributed by atoms with Gasteiger partial charge in [-0.15, -0.1) is 11.3 Å². The van der Waals surface area contributed by atoms with Gasteiger partial charge in [0, 0.05) is 17.8 Å². The number of para-hydroxylation sites is 1. The van der Waals surface area contributed by atoms with E-state index in [4.69, 9.17) is 0 Å². The van der Waals surface area contributed by atoms with Crippen LogP contribution in [0.15, 0.2) is 90.3 Å². The van der Waals surface area contributed by atoms with Crippen LogP contribution in [0.2, 0.25) is 0 Å².